The molecule has 2 aromatic heterocycles. The Balaban J connectivity index is 1.46. The normalized spacial score (nSPS) is 10.5. The molecule has 0 bridgehead atoms. The third-order valence-electron chi connectivity index (χ3n) is 3.46. The van der Waals surface area contributed by atoms with Crippen molar-refractivity contribution >= 4 is 17.7 Å². The number of hydrogen-bond acceptors (Lipinski definition) is 4. The molecule has 1 aromatic carbocycles. The lowest BCUT2D eigenvalue weighted by molar-refractivity contribution is -0.118. The summed E-state index contributed by atoms with van der Waals surface area (Å²) in [6.45, 7) is 2.53. The monoisotopic (exact) mass is 338 g/mol. The summed E-state index contributed by atoms with van der Waals surface area (Å²) < 4.78 is 1.83. The van der Waals surface area contributed by atoms with Gasteiger partial charge in [0.15, 0.2) is 0 Å². The van der Waals surface area contributed by atoms with Crippen LogP contribution in [0.4, 0.5) is 0 Å². The highest BCUT2D eigenvalue weighted by Gasteiger charge is 2.04. The number of aromatic nitrogens is 3. The Hall–Kier alpha value is -2.60. The summed E-state index contributed by atoms with van der Waals surface area (Å²) in [7, 11) is 0. The molecule has 2 heterocycles. The van der Waals surface area contributed by atoms with E-state index in [9.17, 15) is 4.79 Å². The van der Waals surface area contributed by atoms with Gasteiger partial charge in [0.25, 0.3) is 0 Å². The van der Waals surface area contributed by atoms with Crippen molar-refractivity contribution in [1.29, 1.82) is 0 Å². The van der Waals surface area contributed by atoms with Crippen LogP contribution in [0.3, 0.4) is 0 Å². The van der Waals surface area contributed by atoms with E-state index in [-0.39, 0.29) is 5.91 Å². The lowest BCUT2D eigenvalue weighted by Crippen LogP contribution is -2.24. The van der Waals surface area contributed by atoms with E-state index in [1.807, 2.05) is 54.1 Å². The summed E-state index contributed by atoms with van der Waals surface area (Å²) in [6, 6.07) is 12.0. The zero-order chi connectivity index (χ0) is 16.8. The van der Waals surface area contributed by atoms with Crippen LogP contribution in [0.1, 0.15) is 11.1 Å². The number of imidazole rings is 1. The number of benzene rings is 1. The van der Waals surface area contributed by atoms with Gasteiger partial charge in [0.2, 0.25) is 5.91 Å². The maximum absolute atomic E-state index is 11.9. The molecule has 0 fully saturated rings. The smallest absolute Gasteiger partial charge is 0.230 e. The predicted octanol–water partition coefficient (Wildman–Crippen LogP) is 2.98. The quantitative estimate of drug-likeness (QED) is 0.702. The molecule has 6 heteroatoms. The molecule has 0 saturated heterocycles. The molecular formula is C18H18N4OS. The van der Waals surface area contributed by atoms with Gasteiger partial charge in [-0.2, -0.15) is 0 Å². The number of nitrogens with zero attached hydrogens (tertiary/aromatic N) is 3. The first-order valence-electron chi connectivity index (χ1n) is 7.60. The average molecular weight is 338 g/mol. The van der Waals surface area contributed by atoms with E-state index in [1.165, 1.54) is 17.3 Å². The van der Waals surface area contributed by atoms with Crippen molar-refractivity contribution in [2.75, 3.05) is 5.75 Å². The van der Waals surface area contributed by atoms with Crippen LogP contribution >= 0.6 is 11.8 Å². The van der Waals surface area contributed by atoms with E-state index in [2.05, 4.69) is 15.3 Å². The Labute approximate surface area is 145 Å². The molecule has 0 saturated carbocycles. The van der Waals surface area contributed by atoms with Gasteiger partial charge >= 0.3 is 0 Å². The molecule has 122 valence electrons. The standard InChI is InChI=1S/C18H18N4OS/c1-14-2-5-16(6-3-14)24-12-18(23)21-11-15-4-7-17(20-10-15)22-9-8-19-13-22/h2-10,13H,11-12H2,1H3,(H,21,23). The van der Waals surface area contributed by atoms with Gasteiger partial charge in [0, 0.05) is 30.0 Å². The summed E-state index contributed by atoms with van der Waals surface area (Å²) in [5.74, 6) is 1.22. The maximum Gasteiger partial charge on any atom is 0.230 e. The molecule has 0 radical (unpaired) electrons. The second-order valence-electron chi connectivity index (χ2n) is 5.37. The fourth-order valence-electron chi connectivity index (χ4n) is 2.10. The van der Waals surface area contributed by atoms with E-state index in [1.54, 1.807) is 18.7 Å². The van der Waals surface area contributed by atoms with Gasteiger partial charge in [0.05, 0.1) is 5.75 Å². The zero-order valence-electron chi connectivity index (χ0n) is 13.3. The number of aryl methyl sites for hydroxylation is 1. The Morgan fingerprint density at radius 1 is 1.21 bits per heavy atom. The Morgan fingerprint density at radius 2 is 2.04 bits per heavy atom. The number of rotatable bonds is 6. The van der Waals surface area contributed by atoms with Crippen molar-refractivity contribution in [2.24, 2.45) is 0 Å². The first kappa shape index (κ1) is 16.3. The van der Waals surface area contributed by atoms with Gasteiger partial charge in [-0.3, -0.25) is 9.36 Å². The van der Waals surface area contributed by atoms with E-state index in [0.717, 1.165) is 16.3 Å². The van der Waals surface area contributed by atoms with Crippen LogP contribution in [0.5, 0.6) is 0 Å². The number of nitrogens with one attached hydrogen (secondary N) is 1. The van der Waals surface area contributed by atoms with Crippen LogP contribution < -0.4 is 5.32 Å². The van der Waals surface area contributed by atoms with Crippen molar-refractivity contribution in [3.05, 3.63) is 72.4 Å². The zero-order valence-corrected chi connectivity index (χ0v) is 14.2. The lowest BCUT2D eigenvalue weighted by Gasteiger charge is -2.07. The van der Waals surface area contributed by atoms with Gasteiger partial charge in [0.1, 0.15) is 12.1 Å². The molecule has 3 aromatic rings. The van der Waals surface area contributed by atoms with E-state index in [4.69, 9.17) is 0 Å². The molecule has 0 aliphatic heterocycles. The van der Waals surface area contributed by atoms with Gasteiger partial charge in [-0.15, -0.1) is 11.8 Å². The van der Waals surface area contributed by atoms with Crippen LogP contribution in [0.25, 0.3) is 5.82 Å². The van der Waals surface area contributed by atoms with Gasteiger partial charge < -0.3 is 5.32 Å². The van der Waals surface area contributed by atoms with Crippen molar-refractivity contribution in [3.63, 3.8) is 0 Å². The molecule has 24 heavy (non-hydrogen) atoms. The highest BCUT2D eigenvalue weighted by molar-refractivity contribution is 8.00. The minimum absolute atomic E-state index is 0.0132. The first-order valence-corrected chi connectivity index (χ1v) is 8.59. The van der Waals surface area contributed by atoms with Crippen LogP contribution in [0, 0.1) is 6.92 Å². The minimum Gasteiger partial charge on any atom is -0.351 e. The summed E-state index contributed by atoms with van der Waals surface area (Å²) in [5.41, 5.74) is 2.18. The molecule has 0 spiro atoms. The first-order chi connectivity index (χ1) is 11.7. The molecule has 3 rings (SSSR count). The van der Waals surface area contributed by atoms with Crippen molar-refractivity contribution in [2.45, 2.75) is 18.4 Å². The van der Waals surface area contributed by atoms with E-state index >= 15 is 0 Å². The van der Waals surface area contributed by atoms with Gasteiger partial charge in [-0.1, -0.05) is 23.8 Å². The Bertz CT molecular complexity index is 783. The molecule has 0 atom stereocenters. The second kappa shape index (κ2) is 7.79. The lowest BCUT2D eigenvalue weighted by atomic mass is 10.2. The summed E-state index contributed by atoms with van der Waals surface area (Å²) in [5, 5.41) is 2.92. The van der Waals surface area contributed by atoms with Crippen molar-refractivity contribution in [1.82, 2.24) is 19.9 Å². The molecule has 0 aliphatic carbocycles. The van der Waals surface area contributed by atoms with Gasteiger partial charge in [-0.05, 0) is 30.7 Å². The predicted molar refractivity (Wildman–Crippen MR) is 95.1 cm³/mol. The maximum atomic E-state index is 11.9. The van der Waals surface area contributed by atoms with Crippen molar-refractivity contribution < 1.29 is 4.79 Å². The number of carbonyl (C=O) groups is 1. The molecule has 0 unspecified atom stereocenters. The number of pyridine rings is 1. The van der Waals surface area contributed by atoms with Crippen LogP contribution in [0.15, 0.2) is 66.2 Å². The van der Waals surface area contributed by atoms with E-state index < -0.39 is 0 Å². The summed E-state index contributed by atoms with van der Waals surface area (Å²) in [4.78, 5) is 21.4. The SMILES string of the molecule is Cc1ccc(SCC(=O)NCc2ccc(-n3ccnc3)nc2)cc1. The molecule has 1 N–H and O–H groups in total. The Morgan fingerprint density at radius 3 is 2.71 bits per heavy atom. The second-order valence-corrected chi connectivity index (χ2v) is 6.42. The fourth-order valence-corrected chi connectivity index (χ4v) is 2.83. The number of thioether (sulfide) groups is 1. The number of amides is 1. The minimum atomic E-state index is 0.0132. The molecule has 1 amide bonds. The third kappa shape index (κ3) is 4.45. The fraction of sp³-hybridized carbons (Fsp3) is 0.167. The average Bonchev–Trinajstić information content (AvgIpc) is 3.14. The number of hydrogen-bond donors (Lipinski definition) is 1. The van der Waals surface area contributed by atoms with Crippen LogP contribution in [-0.4, -0.2) is 26.2 Å². The highest BCUT2D eigenvalue weighted by atomic mass is 32.2. The molecule has 0 aliphatic rings. The van der Waals surface area contributed by atoms with Crippen LogP contribution in [0.2, 0.25) is 0 Å². The largest absolute Gasteiger partial charge is 0.351 e. The number of carbonyl (C=O) groups excluding carboxylic acids is 1. The topological polar surface area (TPSA) is 59.8 Å². The third-order valence-corrected chi connectivity index (χ3v) is 4.47. The summed E-state index contributed by atoms with van der Waals surface area (Å²) >= 11 is 1.54. The molecule has 5 nitrogen and oxygen atoms in total. The van der Waals surface area contributed by atoms with E-state index in [0.29, 0.717) is 12.3 Å². The summed E-state index contributed by atoms with van der Waals surface area (Å²) in [6.07, 6.45) is 7.02. The van der Waals surface area contributed by atoms with Crippen molar-refractivity contribution in [3.8, 4) is 5.82 Å². The van der Waals surface area contributed by atoms with Gasteiger partial charge in [-0.25, -0.2) is 9.97 Å². The van der Waals surface area contributed by atoms with Crippen LogP contribution in [-0.2, 0) is 11.3 Å². The highest BCUT2D eigenvalue weighted by Crippen LogP contribution is 2.17. The molecular weight excluding hydrogens is 320 g/mol. The Kier molecular flexibility index (Phi) is 5.28.